The molecule has 1 aromatic heterocycles. The number of likely N-dealkylation sites (N-methyl/N-ethyl adjacent to an activating group) is 1. The van der Waals surface area contributed by atoms with Crippen LogP contribution in [0, 0.1) is 6.92 Å². The van der Waals surface area contributed by atoms with Crippen molar-refractivity contribution >= 4 is 55.0 Å². The van der Waals surface area contributed by atoms with E-state index in [1.54, 1.807) is 43.3 Å². The molecule has 0 aliphatic heterocycles. The number of halogens is 2. The molecule has 0 spiro atoms. The highest BCUT2D eigenvalue weighted by molar-refractivity contribution is 7.89. The summed E-state index contributed by atoms with van der Waals surface area (Å²) in [5.41, 5.74) is 2.78. The van der Waals surface area contributed by atoms with Crippen LogP contribution in [0.25, 0.3) is 21.8 Å². The Morgan fingerprint density at radius 2 is 1.47 bits per heavy atom. The smallest absolute Gasteiger partial charge is 0.243 e. The first-order chi connectivity index (χ1) is 15.2. The number of sulfonamides is 1. The maximum atomic E-state index is 13.1. The van der Waals surface area contributed by atoms with Gasteiger partial charge in [0, 0.05) is 44.9 Å². The molecule has 0 aliphatic carbocycles. The van der Waals surface area contributed by atoms with Crippen LogP contribution in [0.2, 0.25) is 10.0 Å². The SMILES string of the molecule is CCN(C[C@H](O)Cn1c2ccc(Cl)cc2c2cc(Cl)ccc21)S(=O)(=O)c1ccc(C)cc1. The average Bonchev–Trinajstić information content (AvgIpc) is 3.04. The number of hydrogen-bond acceptors (Lipinski definition) is 3. The summed E-state index contributed by atoms with van der Waals surface area (Å²) >= 11 is 12.4. The van der Waals surface area contributed by atoms with E-state index in [0.29, 0.717) is 10.0 Å². The van der Waals surface area contributed by atoms with Crippen molar-refractivity contribution in [1.29, 1.82) is 0 Å². The van der Waals surface area contributed by atoms with E-state index >= 15 is 0 Å². The van der Waals surface area contributed by atoms with Crippen LogP contribution in [-0.4, -0.2) is 41.6 Å². The predicted molar refractivity (Wildman–Crippen MR) is 131 cm³/mol. The van der Waals surface area contributed by atoms with Crippen LogP contribution >= 0.6 is 23.2 Å². The normalized spacial score (nSPS) is 13.3. The van der Waals surface area contributed by atoms with E-state index in [-0.39, 0.29) is 24.5 Å². The van der Waals surface area contributed by atoms with Crippen molar-refractivity contribution in [3.63, 3.8) is 0 Å². The third-order valence-corrected chi connectivity index (χ3v) is 8.03. The van der Waals surface area contributed by atoms with Crippen molar-refractivity contribution in [2.45, 2.75) is 31.4 Å². The molecule has 1 N–H and O–H groups in total. The maximum Gasteiger partial charge on any atom is 0.243 e. The molecule has 8 heteroatoms. The van der Waals surface area contributed by atoms with Gasteiger partial charge in [0.25, 0.3) is 0 Å². The summed E-state index contributed by atoms with van der Waals surface area (Å²) in [4.78, 5) is 0.221. The van der Waals surface area contributed by atoms with E-state index in [0.717, 1.165) is 27.4 Å². The highest BCUT2D eigenvalue weighted by Crippen LogP contribution is 2.33. The Balaban J connectivity index is 1.66. The monoisotopic (exact) mass is 490 g/mol. The van der Waals surface area contributed by atoms with Crippen LogP contribution in [0.1, 0.15) is 12.5 Å². The molecule has 4 aromatic rings. The Morgan fingerprint density at radius 3 is 1.97 bits per heavy atom. The second kappa shape index (κ2) is 9.04. The van der Waals surface area contributed by atoms with Crippen molar-refractivity contribution in [2.75, 3.05) is 13.1 Å². The zero-order chi connectivity index (χ0) is 23.0. The van der Waals surface area contributed by atoms with Gasteiger partial charge in [-0.25, -0.2) is 8.42 Å². The van der Waals surface area contributed by atoms with Gasteiger partial charge in [-0.3, -0.25) is 0 Å². The first kappa shape index (κ1) is 23.1. The molecule has 0 fully saturated rings. The third kappa shape index (κ3) is 4.38. The molecule has 0 radical (unpaired) electrons. The second-order valence-electron chi connectivity index (χ2n) is 7.86. The number of aryl methyl sites for hydroxylation is 1. The fourth-order valence-corrected chi connectivity index (χ4v) is 5.84. The van der Waals surface area contributed by atoms with Gasteiger partial charge in [0.15, 0.2) is 0 Å². The lowest BCUT2D eigenvalue weighted by Crippen LogP contribution is -2.38. The van der Waals surface area contributed by atoms with Gasteiger partial charge < -0.3 is 9.67 Å². The van der Waals surface area contributed by atoms with Gasteiger partial charge in [0.2, 0.25) is 10.0 Å². The average molecular weight is 491 g/mol. The number of benzene rings is 3. The number of nitrogens with zero attached hydrogens (tertiary/aromatic N) is 2. The molecule has 0 aliphatic rings. The first-order valence-electron chi connectivity index (χ1n) is 10.3. The third-order valence-electron chi connectivity index (χ3n) is 5.61. The van der Waals surface area contributed by atoms with Gasteiger partial charge >= 0.3 is 0 Å². The highest BCUT2D eigenvalue weighted by atomic mass is 35.5. The number of aliphatic hydroxyl groups is 1. The van der Waals surface area contributed by atoms with Crippen LogP contribution in [0.4, 0.5) is 0 Å². The highest BCUT2D eigenvalue weighted by Gasteiger charge is 2.26. The Hall–Kier alpha value is -2.09. The lowest BCUT2D eigenvalue weighted by molar-refractivity contribution is 0.131. The Kier molecular flexibility index (Phi) is 6.52. The van der Waals surface area contributed by atoms with Gasteiger partial charge in [0.05, 0.1) is 17.5 Å². The van der Waals surface area contributed by atoms with Crippen LogP contribution in [-0.2, 0) is 16.6 Å². The summed E-state index contributed by atoms with van der Waals surface area (Å²) in [7, 11) is -3.71. The summed E-state index contributed by atoms with van der Waals surface area (Å²) in [6.07, 6.45) is -0.916. The van der Waals surface area contributed by atoms with Gasteiger partial charge in [0.1, 0.15) is 0 Å². The minimum absolute atomic E-state index is 0.0188. The molecule has 0 amide bonds. The zero-order valence-corrected chi connectivity index (χ0v) is 20.1. The Morgan fingerprint density at radius 1 is 0.938 bits per heavy atom. The predicted octanol–water partition coefficient (Wildman–Crippen LogP) is 5.48. The van der Waals surface area contributed by atoms with E-state index in [4.69, 9.17) is 23.2 Å². The van der Waals surface area contributed by atoms with Crippen molar-refractivity contribution in [3.05, 3.63) is 76.3 Å². The quantitative estimate of drug-likeness (QED) is 0.372. The Bertz CT molecular complexity index is 1320. The molecule has 0 unspecified atom stereocenters. The summed E-state index contributed by atoms with van der Waals surface area (Å²) in [6, 6.07) is 17.9. The molecule has 3 aromatic carbocycles. The zero-order valence-electron chi connectivity index (χ0n) is 17.8. The molecule has 5 nitrogen and oxygen atoms in total. The van der Waals surface area contributed by atoms with E-state index in [9.17, 15) is 13.5 Å². The van der Waals surface area contributed by atoms with Crippen molar-refractivity contribution < 1.29 is 13.5 Å². The number of aliphatic hydroxyl groups excluding tert-OH is 1. The standard InChI is InChI=1S/C24H24Cl2N2O3S/c1-3-27(32(30,31)20-8-4-16(2)5-9-20)14-19(29)15-28-23-10-6-17(25)12-21(23)22-13-18(26)7-11-24(22)28/h4-13,19,29H,3,14-15H2,1-2H3/t19-/m0/s1. The van der Waals surface area contributed by atoms with Gasteiger partial charge in [-0.2, -0.15) is 4.31 Å². The molecule has 168 valence electrons. The van der Waals surface area contributed by atoms with Crippen molar-refractivity contribution in [1.82, 2.24) is 8.87 Å². The Labute approximate surface area is 197 Å². The van der Waals surface area contributed by atoms with Crippen LogP contribution in [0.5, 0.6) is 0 Å². The fourth-order valence-electron chi connectivity index (χ4n) is 4.01. The maximum absolute atomic E-state index is 13.1. The summed E-state index contributed by atoms with van der Waals surface area (Å²) in [5.74, 6) is 0. The second-order valence-corrected chi connectivity index (χ2v) is 10.7. The van der Waals surface area contributed by atoms with Crippen LogP contribution in [0.15, 0.2) is 65.6 Å². The minimum Gasteiger partial charge on any atom is -0.390 e. The summed E-state index contributed by atoms with van der Waals surface area (Å²) in [6.45, 7) is 4.14. The van der Waals surface area contributed by atoms with Crippen molar-refractivity contribution in [3.8, 4) is 0 Å². The molecule has 4 rings (SSSR count). The largest absolute Gasteiger partial charge is 0.390 e. The van der Waals surface area contributed by atoms with E-state index < -0.39 is 16.1 Å². The van der Waals surface area contributed by atoms with E-state index in [2.05, 4.69) is 0 Å². The van der Waals surface area contributed by atoms with Gasteiger partial charge in [-0.15, -0.1) is 0 Å². The number of aromatic nitrogens is 1. The summed E-state index contributed by atoms with van der Waals surface area (Å²) < 4.78 is 29.5. The molecule has 1 heterocycles. The molecular formula is C24H24Cl2N2O3S. The molecule has 32 heavy (non-hydrogen) atoms. The molecule has 0 saturated carbocycles. The van der Waals surface area contributed by atoms with Crippen molar-refractivity contribution in [2.24, 2.45) is 0 Å². The number of hydrogen-bond donors (Lipinski definition) is 1. The summed E-state index contributed by atoms with van der Waals surface area (Å²) in [5, 5.41) is 14.0. The molecule has 0 saturated heterocycles. The number of fused-ring (bicyclic) bond motifs is 3. The first-order valence-corrected chi connectivity index (χ1v) is 12.5. The topological polar surface area (TPSA) is 62.5 Å². The van der Waals surface area contributed by atoms with Crippen LogP contribution < -0.4 is 0 Å². The number of rotatable bonds is 7. The van der Waals surface area contributed by atoms with E-state index in [1.165, 1.54) is 4.31 Å². The van der Waals surface area contributed by atoms with Crippen LogP contribution in [0.3, 0.4) is 0 Å². The van der Waals surface area contributed by atoms with E-state index in [1.807, 2.05) is 35.8 Å². The lowest BCUT2D eigenvalue weighted by Gasteiger charge is -2.24. The van der Waals surface area contributed by atoms with Gasteiger partial charge in [-0.05, 0) is 55.5 Å². The fraction of sp³-hybridized carbons (Fsp3) is 0.250. The molecular weight excluding hydrogens is 467 g/mol. The molecule has 1 atom stereocenters. The lowest BCUT2D eigenvalue weighted by atomic mass is 10.1. The van der Waals surface area contributed by atoms with Gasteiger partial charge in [-0.1, -0.05) is 47.8 Å². The molecule has 0 bridgehead atoms. The minimum atomic E-state index is -3.71.